The molecular weight excluding hydrogens is 721 g/mol. The van der Waals surface area contributed by atoms with Gasteiger partial charge in [0.15, 0.2) is 0 Å². The molecule has 5 unspecified atom stereocenters. The average Bonchev–Trinajstić information content (AvgIpc) is 3.14. The van der Waals surface area contributed by atoms with Crippen molar-refractivity contribution >= 4 is 13.6 Å². The molecule has 0 aliphatic heterocycles. The zero-order valence-electron chi connectivity index (χ0n) is 37.9. The molecule has 8 nitrogen and oxygen atoms in total. The summed E-state index contributed by atoms with van der Waals surface area (Å²) in [7, 11) is 1.39. The van der Waals surface area contributed by atoms with Gasteiger partial charge in [-0.25, -0.2) is 4.57 Å². The number of nitrogens with zero attached hydrogens (tertiary/aromatic N) is 1. The molecule has 0 aromatic rings. The Bertz CT molecular complexity index is 955. The molecular formula is C47H95NO7P+. The van der Waals surface area contributed by atoms with Gasteiger partial charge in [0.25, 0.3) is 0 Å². The van der Waals surface area contributed by atoms with Crippen molar-refractivity contribution in [2.24, 2.45) is 11.8 Å². The van der Waals surface area contributed by atoms with Crippen molar-refractivity contribution < 1.29 is 38.0 Å². The summed E-state index contributed by atoms with van der Waals surface area (Å²) in [6.45, 7) is 5.94. The lowest BCUT2D eigenvalue weighted by Crippen LogP contribution is -2.48. The number of hydrogen-bond donors (Lipinski definition) is 3. The fourth-order valence-electron chi connectivity index (χ4n) is 7.97. The molecule has 0 bridgehead atoms. The van der Waals surface area contributed by atoms with Crippen LogP contribution in [0.3, 0.4) is 0 Å². The predicted molar refractivity (Wildman–Crippen MR) is 238 cm³/mol. The molecule has 0 spiro atoms. The number of unbranched alkanes of at least 4 members (excludes halogenated alkanes) is 24. The molecule has 56 heavy (non-hydrogen) atoms. The lowest BCUT2D eigenvalue weighted by atomic mass is 9.77. The van der Waals surface area contributed by atoms with Gasteiger partial charge in [-0.3, -0.25) is 13.8 Å². The zero-order chi connectivity index (χ0) is 41.8. The van der Waals surface area contributed by atoms with E-state index < -0.39 is 39.2 Å². The van der Waals surface area contributed by atoms with Crippen molar-refractivity contribution in [2.45, 2.75) is 232 Å². The highest BCUT2D eigenvalue weighted by Gasteiger charge is 2.42. The van der Waals surface area contributed by atoms with E-state index in [1.165, 1.54) is 141 Å². The van der Waals surface area contributed by atoms with Gasteiger partial charge in [0.1, 0.15) is 24.5 Å². The fraction of sp³-hybridized carbons (Fsp3) is 0.936. The second-order valence-electron chi connectivity index (χ2n) is 18.0. The highest BCUT2D eigenvalue weighted by Crippen LogP contribution is 2.47. The van der Waals surface area contributed by atoms with Gasteiger partial charge in [-0.15, -0.1) is 0 Å². The third-order valence-corrected chi connectivity index (χ3v) is 12.2. The van der Waals surface area contributed by atoms with E-state index in [9.17, 15) is 24.5 Å². The molecule has 9 heteroatoms. The average molecular weight is 817 g/mol. The number of phosphoric acid groups is 1. The monoisotopic (exact) mass is 817 g/mol. The third kappa shape index (κ3) is 34.3. The van der Waals surface area contributed by atoms with Crippen LogP contribution in [-0.4, -0.2) is 78.5 Å². The number of phosphoric ester groups is 1. The summed E-state index contributed by atoms with van der Waals surface area (Å²) in [5.41, 5.74) is 0. The number of carbonyl (C=O) groups excluding carboxylic acids is 1. The smallest absolute Gasteiger partial charge is 0.394 e. The molecule has 3 N–H and O–H groups in total. The Morgan fingerprint density at radius 3 is 1.48 bits per heavy atom. The van der Waals surface area contributed by atoms with Crippen molar-refractivity contribution in [3.8, 4) is 0 Å². The summed E-state index contributed by atoms with van der Waals surface area (Å²) in [5.74, 6) is -0.338. The number of likely N-dealkylation sites (N-methyl/N-ethyl adjacent to an activating group) is 1. The first-order valence-corrected chi connectivity index (χ1v) is 25.3. The summed E-state index contributed by atoms with van der Waals surface area (Å²) in [6.07, 6.45) is 39.5. The second kappa shape index (κ2) is 37.4. The summed E-state index contributed by atoms with van der Waals surface area (Å²) in [6, 6.07) is 0. The van der Waals surface area contributed by atoms with Gasteiger partial charge >= 0.3 is 7.82 Å². The van der Waals surface area contributed by atoms with Crippen LogP contribution in [0, 0.1) is 11.8 Å². The van der Waals surface area contributed by atoms with Crippen molar-refractivity contribution in [2.75, 3.05) is 40.9 Å². The molecule has 0 fully saturated rings. The van der Waals surface area contributed by atoms with E-state index in [0.29, 0.717) is 17.4 Å². The van der Waals surface area contributed by atoms with E-state index in [-0.39, 0.29) is 11.7 Å². The van der Waals surface area contributed by atoms with Gasteiger partial charge in [-0.05, 0) is 50.9 Å². The van der Waals surface area contributed by atoms with Crippen LogP contribution in [0.25, 0.3) is 0 Å². The number of allylic oxidation sites excluding steroid dienone is 2. The quantitative estimate of drug-likeness (QED) is 0.0243. The minimum absolute atomic E-state index is 0.0471. The van der Waals surface area contributed by atoms with Crippen molar-refractivity contribution in [3.05, 3.63) is 12.2 Å². The zero-order valence-corrected chi connectivity index (χ0v) is 38.8. The summed E-state index contributed by atoms with van der Waals surface area (Å²) in [4.78, 5) is 25.1. The SMILES string of the molecule is CCCCCCCC/C=C\CCCCCCCCC(CCC)C(C(=O)CCCCCCCCCCCCCCC)C(C[N+](C)(C)C)OP(=O)(O)OCC(O)CO. The standard InChI is InChI=1S/C47H94NO7P/c1-7-10-12-14-16-18-20-22-23-24-26-27-29-31-33-35-38-43(37-9-3)47(46(40-48(4,5)6)55-56(52,53)54-42-44(50)41-49)45(51)39-36-34-32-30-28-25-21-19-17-15-13-11-8-2/h22-23,43-44,46-47,49-50H,7-21,24-42H2,1-6H3/p+1/b23-22-. The van der Waals surface area contributed by atoms with Crippen LogP contribution in [0.4, 0.5) is 0 Å². The molecule has 0 heterocycles. The van der Waals surface area contributed by atoms with E-state index in [1.807, 2.05) is 21.1 Å². The molecule has 0 rings (SSSR count). The first-order valence-electron chi connectivity index (χ1n) is 23.8. The van der Waals surface area contributed by atoms with E-state index in [4.69, 9.17) is 9.05 Å². The van der Waals surface area contributed by atoms with Crippen molar-refractivity contribution in [3.63, 3.8) is 0 Å². The first-order chi connectivity index (χ1) is 26.9. The Balaban J connectivity index is 5.25. The first kappa shape index (κ1) is 55.4. The predicted octanol–water partition coefficient (Wildman–Crippen LogP) is 13.1. The van der Waals surface area contributed by atoms with Gasteiger partial charge in [-0.1, -0.05) is 181 Å². The van der Waals surface area contributed by atoms with Crippen LogP contribution < -0.4 is 0 Å². The van der Waals surface area contributed by atoms with E-state index in [1.54, 1.807) is 0 Å². The molecule has 0 aromatic heterocycles. The third-order valence-electron chi connectivity index (χ3n) is 11.2. The van der Waals surface area contributed by atoms with E-state index >= 15 is 0 Å². The topological polar surface area (TPSA) is 113 Å². The van der Waals surface area contributed by atoms with Crippen LogP contribution >= 0.6 is 7.82 Å². The molecule has 334 valence electrons. The lowest BCUT2D eigenvalue weighted by Gasteiger charge is -2.37. The number of carbonyl (C=O) groups is 1. The van der Waals surface area contributed by atoms with Gasteiger partial charge in [-0.2, -0.15) is 0 Å². The summed E-state index contributed by atoms with van der Waals surface area (Å²) in [5, 5.41) is 19.0. The Hall–Kier alpha value is -0.600. The maximum absolute atomic E-state index is 14.3. The van der Waals surface area contributed by atoms with E-state index in [0.717, 1.165) is 51.4 Å². The number of Topliss-reactive ketones (excluding diaryl/α,β-unsaturated/α-hetero) is 1. The number of aliphatic hydroxyl groups is 2. The maximum Gasteiger partial charge on any atom is 0.472 e. The Labute approximate surface area is 347 Å². The van der Waals surface area contributed by atoms with Gasteiger partial charge in [0, 0.05) is 6.42 Å². The molecule has 0 aromatic carbocycles. The molecule has 0 amide bonds. The molecule has 0 saturated heterocycles. The van der Waals surface area contributed by atoms with Gasteiger partial charge in [0.05, 0.1) is 40.3 Å². The number of aliphatic hydroxyl groups excluding tert-OH is 2. The largest absolute Gasteiger partial charge is 0.472 e. The van der Waals surface area contributed by atoms with Crippen LogP contribution in [0.5, 0.6) is 0 Å². The minimum Gasteiger partial charge on any atom is -0.394 e. The molecule has 0 aliphatic carbocycles. The number of rotatable bonds is 43. The Morgan fingerprint density at radius 2 is 1.05 bits per heavy atom. The molecule has 5 atom stereocenters. The van der Waals surface area contributed by atoms with Crippen molar-refractivity contribution in [1.29, 1.82) is 0 Å². The van der Waals surface area contributed by atoms with Crippen LogP contribution in [0.2, 0.25) is 0 Å². The number of ketones is 1. The van der Waals surface area contributed by atoms with Gasteiger partial charge < -0.3 is 19.6 Å². The Kier molecular flexibility index (Phi) is 37.0. The molecule has 0 saturated carbocycles. The number of hydrogen-bond acceptors (Lipinski definition) is 6. The van der Waals surface area contributed by atoms with Crippen LogP contribution in [0.1, 0.15) is 220 Å². The summed E-state index contributed by atoms with van der Waals surface area (Å²) >= 11 is 0. The highest BCUT2D eigenvalue weighted by molar-refractivity contribution is 7.47. The highest BCUT2D eigenvalue weighted by atomic mass is 31.2. The second-order valence-corrected chi connectivity index (χ2v) is 19.4. The lowest BCUT2D eigenvalue weighted by molar-refractivity contribution is -0.873. The normalized spacial score (nSPS) is 15.6. The van der Waals surface area contributed by atoms with Gasteiger partial charge in [0.2, 0.25) is 0 Å². The molecule has 0 aliphatic rings. The summed E-state index contributed by atoms with van der Waals surface area (Å²) < 4.78 is 24.7. The van der Waals surface area contributed by atoms with Crippen molar-refractivity contribution in [1.82, 2.24) is 0 Å². The molecule has 0 radical (unpaired) electrons. The van der Waals surface area contributed by atoms with Crippen LogP contribution in [-0.2, 0) is 18.4 Å². The minimum atomic E-state index is -4.62. The Morgan fingerprint density at radius 1 is 0.625 bits per heavy atom. The van der Waals surface area contributed by atoms with E-state index in [2.05, 4.69) is 32.9 Å². The van der Waals surface area contributed by atoms with Crippen LogP contribution in [0.15, 0.2) is 12.2 Å². The maximum atomic E-state index is 14.3. The number of quaternary nitrogens is 1. The fourth-order valence-corrected chi connectivity index (χ4v) is 8.93.